The number of guanidine groups is 1. The number of aromatic nitrogens is 1. The Morgan fingerprint density at radius 3 is 2.76 bits per heavy atom. The maximum atomic E-state index is 5.32. The number of hydrogen-bond acceptors (Lipinski definition) is 5. The molecule has 0 radical (unpaired) electrons. The lowest BCUT2D eigenvalue weighted by molar-refractivity contribution is 0.372. The van der Waals surface area contributed by atoms with Crippen molar-refractivity contribution < 1.29 is 4.74 Å². The van der Waals surface area contributed by atoms with Gasteiger partial charge in [-0.2, -0.15) is 0 Å². The van der Waals surface area contributed by atoms with E-state index < -0.39 is 0 Å². The second-order valence-electron chi connectivity index (χ2n) is 5.50. The van der Waals surface area contributed by atoms with Gasteiger partial charge in [-0.05, 0) is 12.1 Å². The van der Waals surface area contributed by atoms with Crippen LogP contribution >= 0.6 is 35.3 Å². The van der Waals surface area contributed by atoms with E-state index in [1.807, 2.05) is 30.8 Å². The zero-order valence-corrected chi connectivity index (χ0v) is 17.7. The average molecular weight is 473 g/mol. The summed E-state index contributed by atoms with van der Waals surface area (Å²) < 4.78 is 5.32. The monoisotopic (exact) mass is 473 g/mol. The van der Waals surface area contributed by atoms with E-state index in [1.54, 1.807) is 18.4 Å². The Hall–Kier alpha value is -1.55. The maximum Gasteiger partial charge on any atom is 0.194 e. The molecule has 1 saturated heterocycles. The number of methoxy groups -OCH3 is 1. The van der Waals surface area contributed by atoms with Crippen LogP contribution in [0.5, 0.6) is 5.75 Å². The molecule has 0 amide bonds. The van der Waals surface area contributed by atoms with E-state index in [0.29, 0.717) is 0 Å². The second kappa shape index (κ2) is 9.81. The number of hydrogen-bond donors (Lipinski definition) is 1. The highest BCUT2D eigenvalue weighted by Crippen LogP contribution is 2.22. The molecule has 0 spiro atoms. The molecule has 0 unspecified atom stereocenters. The third kappa shape index (κ3) is 5.21. The molecule has 1 N–H and O–H groups in total. The van der Waals surface area contributed by atoms with Crippen molar-refractivity contribution in [3.05, 3.63) is 40.8 Å². The first-order valence-corrected chi connectivity index (χ1v) is 8.91. The van der Waals surface area contributed by atoms with Crippen LogP contribution < -0.4 is 15.0 Å². The molecule has 136 valence electrons. The van der Waals surface area contributed by atoms with Crippen LogP contribution in [0.15, 0.2) is 40.8 Å². The lowest BCUT2D eigenvalue weighted by Crippen LogP contribution is -2.52. The topological polar surface area (TPSA) is 53.0 Å². The fraction of sp³-hybridized carbons (Fsp3) is 0.412. The largest absolute Gasteiger partial charge is 0.497 e. The molecule has 0 bridgehead atoms. The van der Waals surface area contributed by atoms with Crippen molar-refractivity contribution in [1.29, 1.82) is 0 Å². The summed E-state index contributed by atoms with van der Waals surface area (Å²) in [5.41, 5.74) is 1.21. The van der Waals surface area contributed by atoms with E-state index in [4.69, 9.17) is 4.74 Å². The zero-order valence-electron chi connectivity index (χ0n) is 14.5. The van der Waals surface area contributed by atoms with Gasteiger partial charge in [0, 0.05) is 56.6 Å². The molecule has 1 fully saturated rings. The van der Waals surface area contributed by atoms with Crippen molar-refractivity contribution in [2.24, 2.45) is 4.99 Å². The molecule has 3 rings (SSSR count). The third-order valence-corrected chi connectivity index (χ3v) is 4.87. The lowest BCUT2D eigenvalue weighted by Gasteiger charge is -2.37. The Balaban J connectivity index is 0.00000225. The Bertz CT molecular complexity index is 671. The lowest BCUT2D eigenvalue weighted by atomic mass is 10.2. The van der Waals surface area contributed by atoms with Gasteiger partial charge in [0.25, 0.3) is 0 Å². The standard InChI is InChI=1S/C17H23N5OS.HI/c1-18-17(20-13-16-19-6-11-24-16)22-9-7-21(8-10-22)14-4-3-5-15(12-14)23-2;/h3-6,11-12H,7-10,13H2,1-2H3,(H,18,20);1H. The molecule has 1 aromatic heterocycles. The van der Waals surface area contributed by atoms with Gasteiger partial charge >= 0.3 is 0 Å². The number of nitrogens with zero attached hydrogens (tertiary/aromatic N) is 4. The van der Waals surface area contributed by atoms with Crippen LogP contribution in [0, 0.1) is 0 Å². The number of halogens is 1. The molecule has 1 aromatic carbocycles. The molecule has 2 heterocycles. The third-order valence-electron chi connectivity index (χ3n) is 4.09. The predicted octanol–water partition coefficient (Wildman–Crippen LogP) is 2.67. The number of aliphatic imine (C=N–C) groups is 1. The van der Waals surface area contributed by atoms with Crippen molar-refractivity contribution >= 4 is 47.0 Å². The van der Waals surface area contributed by atoms with Gasteiger partial charge in [-0.1, -0.05) is 6.07 Å². The Morgan fingerprint density at radius 1 is 1.32 bits per heavy atom. The molecule has 1 aliphatic heterocycles. The first kappa shape index (κ1) is 19.8. The number of ether oxygens (including phenoxy) is 1. The van der Waals surface area contributed by atoms with E-state index in [-0.39, 0.29) is 24.0 Å². The number of thiazole rings is 1. The zero-order chi connectivity index (χ0) is 16.8. The summed E-state index contributed by atoms with van der Waals surface area (Å²) in [4.78, 5) is 13.4. The number of benzene rings is 1. The van der Waals surface area contributed by atoms with Crippen molar-refractivity contribution in [1.82, 2.24) is 15.2 Å². The van der Waals surface area contributed by atoms with Gasteiger partial charge in [0.2, 0.25) is 0 Å². The van der Waals surface area contributed by atoms with E-state index in [0.717, 1.165) is 49.4 Å². The fourth-order valence-corrected chi connectivity index (χ4v) is 3.37. The summed E-state index contributed by atoms with van der Waals surface area (Å²) in [6.07, 6.45) is 1.83. The number of rotatable bonds is 4. The van der Waals surface area contributed by atoms with Gasteiger partial charge in [0.05, 0.1) is 13.7 Å². The normalized spacial score (nSPS) is 14.9. The van der Waals surface area contributed by atoms with E-state index in [1.165, 1.54) is 5.69 Å². The van der Waals surface area contributed by atoms with E-state index in [9.17, 15) is 0 Å². The van der Waals surface area contributed by atoms with Gasteiger partial charge in [0.1, 0.15) is 10.8 Å². The Labute approximate surface area is 169 Å². The summed E-state index contributed by atoms with van der Waals surface area (Å²) in [5.74, 6) is 1.84. The molecular formula is C17H24IN5OS. The molecule has 8 heteroatoms. The van der Waals surface area contributed by atoms with Crippen LogP contribution in [0.3, 0.4) is 0 Å². The van der Waals surface area contributed by atoms with Crippen LogP contribution in [-0.2, 0) is 6.54 Å². The summed E-state index contributed by atoms with van der Waals surface area (Å²) >= 11 is 1.66. The smallest absolute Gasteiger partial charge is 0.194 e. The molecule has 6 nitrogen and oxygen atoms in total. The second-order valence-corrected chi connectivity index (χ2v) is 6.48. The minimum atomic E-state index is 0. The van der Waals surface area contributed by atoms with Crippen LogP contribution in [0.2, 0.25) is 0 Å². The Morgan fingerprint density at radius 2 is 2.12 bits per heavy atom. The number of anilines is 1. The minimum Gasteiger partial charge on any atom is -0.497 e. The highest BCUT2D eigenvalue weighted by molar-refractivity contribution is 14.0. The summed E-state index contributed by atoms with van der Waals surface area (Å²) in [5, 5.41) is 6.47. The van der Waals surface area contributed by atoms with Gasteiger partial charge < -0.3 is 19.9 Å². The van der Waals surface area contributed by atoms with Crippen molar-refractivity contribution in [2.75, 3.05) is 45.2 Å². The quantitative estimate of drug-likeness (QED) is 0.421. The first-order valence-electron chi connectivity index (χ1n) is 8.03. The molecule has 0 saturated carbocycles. The minimum absolute atomic E-state index is 0. The molecule has 25 heavy (non-hydrogen) atoms. The highest BCUT2D eigenvalue weighted by atomic mass is 127. The van der Waals surface area contributed by atoms with Crippen molar-refractivity contribution in [2.45, 2.75) is 6.54 Å². The highest BCUT2D eigenvalue weighted by Gasteiger charge is 2.20. The molecule has 1 aliphatic rings. The molecule has 2 aromatic rings. The van der Waals surface area contributed by atoms with E-state index >= 15 is 0 Å². The number of piperazine rings is 1. The molecule has 0 aliphatic carbocycles. The fourth-order valence-electron chi connectivity index (χ4n) is 2.81. The summed E-state index contributed by atoms with van der Waals surface area (Å²) in [7, 11) is 3.54. The predicted molar refractivity (Wildman–Crippen MR) is 115 cm³/mol. The Kier molecular flexibility index (Phi) is 7.76. The van der Waals surface area contributed by atoms with Crippen molar-refractivity contribution in [3.8, 4) is 5.75 Å². The molecule has 0 atom stereocenters. The first-order chi connectivity index (χ1) is 11.8. The number of nitrogens with one attached hydrogen (secondary N) is 1. The average Bonchev–Trinajstić information content (AvgIpc) is 3.16. The van der Waals surface area contributed by atoms with Crippen LogP contribution in [0.1, 0.15) is 5.01 Å². The van der Waals surface area contributed by atoms with Gasteiger partial charge in [-0.3, -0.25) is 4.99 Å². The molecular weight excluding hydrogens is 449 g/mol. The SMILES string of the molecule is CN=C(NCc1nccs1)N1CCN(c2cccc(OC)c2)CC1.I. The summed E-state index contributed by atoms with van der Waals surface area (Å²) in [6, 6.07) is 8.23. The van der Waals surface area contributed by atoms with E-state index in [2.05, 4.69) is 37.2 Å². The van der Waals surface area contributed by atoms with Gasteiger partial charge in [-0.25, -0.2) is 4.98 Å². The van der Waals surface area contributed by atoms with Crippen LogP contribution in [-0.4, -0.2) is 56.2 Å². The van der Waals surface area contributed by atoms with Gasteiger partial charge in [-0.15, -0.1) is 35.3 Å². The van der Waals surface area contributed by atoms with Crippen molar-refractivity contribution in [3.63, 3.8) is 0 Å². The summed E-state index contributed by atoms with van der Waals surface area (Å²) in [6.45, 7) is 4.53. The van der Waals surface area contributed by atoms with Crippen LogP contribution in [0.25, 0.3) is 0 Å². The maximum absolute atomic E-state index is 5.32. The van der Waals surface area contributed by atoms with Gasteiger partial charge in [0.15, 0.2) is 5.96 Å². The van der Waals surface area contributed by atoms with Crippen LogP contribution in [0.4, 0.5) is 5.69 Å².